The van der Waals surface area contributed by atoms with E-state index in [0.29, 0.717) is 0 Å². The molecule has 13 heavy (non-hydrogen) atoms. The number of nitrogens with zero attached hydrogens (tertiary/aromatic N) is 2. The minimum atomic E-state index is -0.215. The van der Waals surface area contributed by atoms with Crippen molar-refractivity contribution in [3.63, 3.8) is 0 Å². The summed E-state index contributed by atoms with van der Waals surface area (Å²) >= 11 is 0. The van der Waals surface area contributed by atoms with Crippen LogP contribution in [0.3, 0.4) is 0 Å². The second kappa shape index (κ2) is 3.77. The highest BCUT2D eigenvalue weighted by atomic mass is 16.2. The Labute approximate surface area is 78.5 Å². The average molecular weight is 184 g/mol. The molecule has 0 bridgehead atoms. The third-order valence-corrected chi connectivity index (χ3v) is 2.38. The van der Waals surface area contributed by atoms with Crippen LogP contribution in [0.5, 0.6) is 0 Å². The third kappa shape index (κ3) is 1.99. The lowest BCUT2D eigenvalue weighted by Gasteiger charge is -2.24. The first-order valence-corrected chi connectivity index (χ1v) is 4.52. The minimum Gasteiger partial charge on any atom is -0.347 e. The zero-order valence-electron chi connectivity index (χ0n) is 8.41. The summed E-state index contributed by atoms with van der Waals surface area (Å²) in [6.45, 7) is 2.24. The topological polar surface area (TPSA) is 40.6 Å². The van der Waals surface area contributed by atoms with Gasteiger partial charge in [0.15, 0.2) is 0 Å². The second-order valence-corrected chi connectivity index (χ2v) is 3.60. The number of rotatable bonds is 1. The van der Waals surface area contributed by atoms with Crippen LogP contribution in [0.2, 0.25) is 0 Å². The normalized spacial score (nSPS) is 21.8. The summed E-state index contributed by atoms with van der Waals surface area (Å²) in [6, 6.07) is -0.215. The van der Waals surface area contributed by atoms with Gasteiger partial charge in [0.05, 0.1) is 0 Å². The zero-order chi connectivity index (χ0) is 10.0. The van der Waals surface area contributed by atoms with Crippen LogP contribution in [0.1, 0.15) is 19.8 Å². The summed E-state index contributed by atoms with van der Waals surface area (Å²) in [7, 11) is 3.44. The Morgan fingerprint density at radius 2 is 2.00 bits per heavy atom. The van der Waals surface area contributed by atoms with Crippen molar-refractivity contribution >= 4 is 11.8 Å². The number of hydrogen-bond acceptors (Lipinski definition) is 2. The van der Waals surface area contributed by atoms with E-state index in [2.05, 4.69) is 0 Å². The summed E-state index contributed by atoms with van der Waals surface area (Å²) in [5, 5.41) is 0. The van der Waals surface area contributed by atoms with E-state index in [0.717, 1.165) is 19.4 Å². The van der Waals surface area contributed by atoms with Crippen LogP contribution in [-0.4, -0.2) is 48.3 Å². The molecule has 1 aliphatic rings. The Balaban J connectivity index is 2.68. The van der Waals surface area contributed by atoms with Gasteiger partial charge in [-0.3, -0.25) is 9.59 Å². The molecule has 1 heterocycles. The van der Waals surface area contributed by atoms with Gasteiger partial charge < -0.3 is 9.80 Å². The van der Waals surface area contributed by atoms with E-state index in [1.54, 1.807) is 23.9 Å². The van der Waals surface area contributed by atoms with Crippen molar-refractivity contribution in [1.29, 1.82) is 0 Å². The van der Waals surface area contributed by atoms with Crippen LogP contribution in [0.15, 0.2) is 0 Å². The highest BCUT2D eigenvalue weighted by Crippen LogP contribution is 2.18. The Bertz CT molecular complexity index is 226. The van der Waals surface area contributed by atoms with E-state index in [4.69, 9.17) is 0 Å². The Morgan fingerprint density at radius 1 is 1.38 bits per heavy atom. The van der Waals surface area contributed by atoms with Crippen molar-refractivity contribution in [2.24, 2.45) is 0 Å². The maximum Gasteiger partial charge on any atom is 0.244 e. The Kier molecular flexibility index (Phi) is 2.90. The van der Waals surface area contributed by atoms with Crippen molar-refractivity contribution in [2.75, 3.05) is 20.6 Å². The molecule has 1 atom stereocenters. The SMILES string of the molecule is CC(=O)N1CCC[C@H]1C(=O)N(C)C. The monoisotopic (exact) mass is 184 g/mol. The van der Waals surface area contributed by atoms with E-state index >= 15 is 0 Å². The molecule has 4 nitrogen and oxygen atoms in total. The molecule has 4 heteroatoms. The molecule has 2 amide bonds. The van der Waals surface area contributed by atoms with E-state index in [9.17, 15) is 9.59 Å². The van der Waals surface area contributed by atoms with Crippen LogP contribution < -0.4 is 0 Å². The van der Waals surface area contributed by atoms with Crippen molar-refractivity contribution in [3.05, 3.63) is 0 Å². The standard InChI is InChI=1S/C9H16N2O2/c1-7(12)11-6-4-5-8(11)9(13)10(2)3/h8H,4-6H2,1-3H3/t8-/m0/s1. The lowest BCUT2D eigenvalue weighted by atomic mass is 10.2. The number of hydrogen-bond donors (Lipinski definition) is 0. The van der Waals surface area contributed by atoms with E-state index in [1.165, 1.54) is 6.92 Å². The second-order valence-electron chi connectivity index (χ2n) is 3.60. The molecule has 1 rings (SSSR count). The summed E-state index contributed by atoms with van der Waals surface area (Å²) in [5.41, 5.74) is 0. The lowest BCUT2D eigenvalue weighted by molar-refractivity contribution is -0.141. The number of carbonyl (C=O) groups excluding carboxylic acids is 2. The number of amides is 2. The molecule has 0 radical (unpaired) electrons. The Morgan fingerprint density at radius 3 is 2.46 bits per heavy atom. The fourth-order valence-electron chi connectivity index (χ4n) is 1.70. The third-order valence-electron chi connectivity index (χ3n) is 2.38. The van der Waals surface area contributed by atoms with Gasteiger partial charge in [0, 0.05) is 27.6 Å². The molecule has 0 aromatic carbocycles. The predicted molar refractivity (Wildman–Crippen MR) is 49.1 cm³/mol. The van der Waals surface area contributed by atoms with Gasteiger partial charge in [-0.2, -0.15) is 0 Å². The molecule has 0 N–H and O–H groups in total. The van der Waals surface area contributed by atoms with Crippen LogP contribution >= 0.6 is 0 Å². The van der Waals surface area contributed by atoms with Gasteiger partial charge in [0.2, 0.25) is 11.8 Å². The van der Waals surface area contributed by atoms with Gasteiger partial charge in [0.25, 0.3) is 0 Å². The predicted octanol–water partition coefficient (Wildman–Crippen LogP) is 0.0855. The molecule has 0 aromatic heterocycles. The first kappa shape index (κ1) is 10.0. The molecule has 0 aromatic rings. The molecule has 0 aliphatic carbocycles. The fraction of sp³-hybridized carbons (Fsp3) is 0.778. The first-order valence-electron chi connectivity index (χ1n) is 4.52. The molecule has 0 unspecified atom stereocenters. The van der Waals surface area contributed by atoms with Crippen LogP contribution in [0, 0.1) is 0 Å². The van der Waals surface area contributed by atoms with Gasteiger partial charge >= 0.3 is 0 Å². The molecule has 1 fully saturated rings. The number of carbonyl (C=O) groups is 2. The highest BCUT2D eigenvalue weighted by Gasteiger charge is 2.32. The van der Waals surface area contributed by atoms with Gasteiger partial charge in [-0.05, 0) is 12.8 Å². The van der Waals surface area contributed by atoms with E-state index in [1.807, 2.05) is 0 Å². The number of likely N-dealkylation sites (N-methyl/N-ethyl adjacent to an activating group) is 1. The largest absolute Gasteiger partial charge is 0.347 e. The summed E-state index contributed by atoms with van der Waals surface area (Å²) < 4.78 is 0. The maximum atomic E-state index is 11.6. The van der Waals surface area contributed by atoms with Gasteiger partial charge in [-0.1, -0.05) is 0 Å². The molecular formula is C9H16N2O2. The van der Waals surface area contributed by atoms with Crippen molar-refractivity contribution < 1.29 is 9.59 Å². The summed E-state index contributed by atoms with van der Waals surface area (Å²) in [6.07, 6.45) is 1.74. The molecule has 1 aliphatic heterocycles. The average Bonchev–Trinajstić information content (AvgIpc) is 2.50. The van der Waals surface area contributed by atoms with Crippen LogP contribution in [-0.2, 0) is 9.59 Å². The highest BCUT2D eigenvalue weighted by molar-refractivity contribution is 5.87. The van der Waals surface area contributed by atoms with Gasteiger partial charge in [-0.25, -0.2) is 0 Å². The quantitative estimate of drug-likeness (QED) is 0.579. The molecular weight excluding hydrogens is 168 g/mol. The van der Waals surface area contributed by atoms with Crippen LogP contribution in [0.25, 0.3) is 0 Å². The van der Waals surface area contributed by atoms with Crippen LogP contribution in [0.4, 0.5) is 0 Å². The smallest absolute Gasteiger partial charge is 0.244 e. The minimum absolute atomic E-state index is 0.00213. The van der Waals surface area contributed by atoms with Crippen molar-refractivity contribution in [2.45, 2.75) is 25.8 Å². The van der Waals surface area contributed by atoms with Crippen molar-refractivity contribution in [1.82, 2.24) is 9.80 Å². The summed E-state index contributed by atoms with van der Waals surface area (Å²) in [5.74, 6) is 0.0328. The molecule has 1 saturated heterocycles. The van der Waals surface area contributed by atoms with Gasteiger partial charge in [0.1, 0.15) is 6.04 Å². The maximum absolute atomic E-state index is 11.6. The molecule has 0 saturated carbocycles. The lowest BCUT2D eigenvalue weighted by Crippen LogP contribution is -2.44. The molecule has 0 spiro atoms. The number of likely N-dealkylation sites (tertiary alicyclic amines) is 1. The fourth-order valence-corrected chi connectivity index (χ4v) is 1.70. The van der Waals surface area contributed by atoms with Crippen molar-refractivity contribution in [3.8, 4) is 0 Å². The zero-order valence-corrected chi connectivity index (χ0v) is 8.41. The first-order chi connectivity index (χ1) is 6.04. The Hall–Kier alpha value is -1.06. The van der Waals surface area contributed by atoms with Gasteiger partial charge in [-0.15, -0.1) is 0 Å². The molecule has 74 valence electrons. The summed E-state index contributed by atoms with van der Waals surface area (Å²) in [4.78, 5) is 25.9. The van der Waals surface area contributed by atoms with E-state index < -0.39 is 0 Å². The van der Waals surface area contributed by atoms with E-state index in [-0.39, 0.29) is 17.9 Å².